The lowest BCUT2D eigenvalue weighted by Gasteiger charge is -2.11. The first-order valence-electron chi connectivity index (χ1n) is 10.0. The summed E-state index contributed by atoms with van der Waals surface area (Å²) in [5, 5.41) is 3.99. The first kappa shape index (κ1) is 22.3. The Labute approximate surface area is 198 Å². The molecule has 1 heterocycles. The van der Waals surface area contributed by atoms with Crippen LogP contribution in [0.3, 0.4) is 0 Å². The molecule has 8 nitrogen and oxygen atoms in total. The second-order valence-electron chi connectivity index (χ2n) is 6.80. The Hall–Kier alpha value is -3.85. The summed E-state index contributed by atoms with van der Waals surface area (Å²) in [6.45, 7) is 2.34. The van der Waals surface area contributed by atoms with E-state index >= 15 is 0 Å². The summed E-state index contributed by atoms with van der Waals surface area (Å²) in [4.78, 5) is 24.8. The van der Waals surface area contributed by atoms with Crippen molar-refractivity contribution in [1.29, 1.82) is 0 Å². The van der Waals surface area contributed by atoms with Crippen LogP contribution in [0.15, 0.2) is 70.2 Å². The van der Waals surface area contributed by atoms with Crippen LogP contribution in [-0.4, -0.2) is 31.5 Å². The van der Waals surface area contributed by atoms with Gasteiger partial charge in [-0.3, -0.25) is 4.79 Å². The Kier molecular flexibility index (Phi) is 6.89. The van der Waals surface area contributed by atoms with E-state index in [0.29, 0.717) is 40.5 Å². The van der Waals surface area contributed by atoms with Gasteiger partial charge in [0.1, 0.15) is 0 Å². The molecule has 1 N–H and O–H groups in total. The summed E-state index contributed by atoms with van der Waals surface area (Å²) in [5.41, 5.74) is 3.92. The van der Waals surface area contributed by atoms with E-state index < -0.39 is 11.9 Å². The number of carbonyl (C=O) groups excluding carboxylic acids is 2. The Morgan fingerprint density at radius 2 is 1.76 bits per heavy atom. The standard InChI is InChI=1S/C24H19BrN2O6/c1-2-30-21-11-15(3-9-20(21)33-24(29)16-4-7-18(25)8-5-16)13-26-27-23(28)17-6-10-19-22(12-17)32-14-31-19/h3-13H,2,14H2,1H3,(H,27,28)/b26-13+. The van der Waals surface area contributed by atoms with E-state index in [1.54, 1.807) is 60.7 Å². The molecule has 0 unspecified atom stereocenters. The molecular formula is C24H19BrN2O6. The van der Waals surface area contributed by atoms with Crippen molar-refractivity contribution in [1.82, 2.24) is 5.43 Å². The zero-order valence-corrected chi connectivity index (χ0v) is 19.1. The Balaban J connectivity index is 1.43. The van der Waals surface area contributed by atoms with Gasteiger partial charge in [-0.25, -0.2) is 10.2 Å². The van der Waals surface area contributed by atoms with E-state index in [1.165, 1.54) is 6.21 Å². The largest absolute Gasteiger partial charge is 0.490 e. The third kappa shape index (κ3) is 5.50. The summed E-state index contributed by atoms with van der Waals surface area (Å²) in [6, 6.07) is 16.7. The number of amides is 1. The molecule has 3 aromatic rings. The number of carbonyl (C=O) groups is 2. The first-order valence-corrected chi connectivity index (χ1v) is 10.8. The van der Waals surface area contributed by atoms with Crippen LogP contribution in [0.1, 0.15) is 33.2 Å². The Bertz CT molecular complexity index is 1210. The average Bonchev–Trinajstić information content (AvgIpc) is 3.29. The fourth-order valence-electron chi connectivity index (χ4n) is 2.97. The summed E-state index contributed by atoms with van der Waals surface area (Å²) >= 11 is 3.33. The maximum atomic E-state index is 12.4. The molecule has 168 valence electrons. The second kappa shape index (κ2) is 10.2. The highest BCUT2D eigenvalue weighted by atomic mass is 79.9. The van der Waals surface area contributed by atoms with Crippen molar-refractivity contribution in [3.05, 3.63) is 81.8 Å². The summed E-state index contributed by atoms with van der Waals surface area (Å²) in [7, 11) is 0. The molecule has 0 bridgehead atoms. The number of hydrogen-bond donors (Lipinski definition) is 1. The number of ether oxygens (including phenoxy) is 4. The molecule has 0 saturated carbocycles. The fourth-order valence-corrected chi connectivity index (χ4v) is 3.23. The number of nitrogens with zero attached hydrogens (tertiary/aromatic N) is 1. The quantitative estimate of drug-likeness (QED) is 0.216. The normalized spacial score (nSPS) is 11.9. The van der Waals surface area contributed by atoms with Gasteiger partial charge < -0.3 is 18.9 Å². The molecule has 1 aliphatic heterocycles. The van der Waals surface area contributed by atoms with Crippen molar-refractivity contribution in [2.24, 2.45) is 5.10 Å². The van der Waals surface area contributed by atoms with Crippen LogP contribution in [0.4, 0.5) is 0 Å². The Morgan fingerprint density at radius 3 is 2.55 bits per heavy atom. The number of rotatable bonds is 7. The number of hydrazone groups is 1. The number of halogens is 1. The van der Waals surface area contributed by atoms with Crippen molar-refractivity contribution in [3.63, 3.8) is 0 Å². The summed E-state index contributed by atoms with van der Waals surface area (Å²) in [5.74, 6) is 0.886. The van der Waals surface area contributed by atoms with Crippen LogP contribution in [0.25, 0.3) is 0 Å². The SMILES string of the molecule is CCOc1cc(/C=N/NC(=O)c2ccc3c(c2)OCO3)ccc1OC(=O)c1ccc(Br)cc1. The van der Waals surface area contributed by atoms with Crippen LogP contribution >= 0.6 is 15.9 Å². The van der Waals surface area contributed by atoms with Gasteiger partial charge in [0.05, 0.1) is 18.4 Å². The van der Waals surface area contributed by atoms with Gasteiger partial charge in [-0.15, -0.1) is 0 Å². The summed E-state index contributed by atoms with van der Waals surface area (Å²) < 4.78 is 22.5. The molecule has 0 saturated heterocycles. The molecule has 0 aliphatic carbocycles. The van der Waals surface area contributed by atoms with Gasteiger partial charge in [-0.2, -0.15) is 5.10 Å². The smallest absolute Gasteiger partial charge is 0.343 e. The van der Waals surface area contributed by atoms with Crippen LogP contribution < -0.4 is 24.4 Å². The van der Waals surface area contributed by atoms with Crippen molar-refractivity contribution in [3.8, 4) is 23.0 Å². The average molecular weight is 511 g/mol. The van der Waals surface area contributed by atoms with Crippen molar-refractivity contribution >= 4 is 34.0 Å². The maximum Gasteiger partial charge on any atom is 0.343 e. The van der Waals surface area contributed by atoms with Crippen LogP contribution in [0, 0.1) is 0 Å². The highest BCUT2D eigenvalue weighted by Crippen LogP contribution is 2.32. The van der Waals surface area contributed by atoms with Gasteiger partial charge in [0, 0.05) is 10.0 Å². The maximum absolute atomic E-state index is 12.4. The van der Waals surface area contributed by atoms with Gasteiger partial charge >= 0.3 is 5.97 Å². The lowest BCUT2D eigenvalue weighted by molar-refractivity contribution is 0.0728. The van der Waals surface area contributed by atoms with Gasteiger partial charge in [-0.1, -0.05) is 15.9 Å². The molecule has 0 atom stereocenters. The van der Waals surface area contributed by atoms with Gasteiger partial charge in [0.15, 0.2) is 23.0 Å². The third-order valence-electron chi connectivity index (χ3n) is 4.56. The first-order chi connectivity index (χ1) is 16.0. The van der Waals surface area contributed by atoms with Crippen molar-refractivity contribution in [2.45, 2.75) is 6.92 Å². The van der Waals surface area contributed by atoms with E-state index in [0.717, 1.165) is 4.47 Å². The van der Waals surface area contributed by atoms with E-state index in [1.807, 2.05) is 6.92 Å². The highest BCUT2D eigenvalue weighted by Gasteiger charge is 2.16. The van der Waals surface area contributed by atoms with Crippen LogP contribution in [-0.2, 0) is 0 Å². The monoisotopic (exact) mass is 510 g/mol. The predicted octanol–water partition coefficient (Wildman–Crippen LogP) is 4.56. The molecule has 9 heteroatoms. The zero-order valence-electron chi connectivity index (χ0n) is 17.5. The highest BCUT2D eigenvalue weighted by molar-refractivity contribution is 9.10. The van der Waals surface area contributed by atoms with Crippen molar-refractivity contribution < 1.29 is 28.5 Å². The minimum Gasteiger partial charge on any atom is -0.490 e. The molecule has 0 spiro atoms. The second-order valence-corrected chi connectivity index (χ2v) is 7.72. The molecule has 1 aliphatic rings. The third-order valence-corrected chi connectivity index (χ3v) is 5.09. The molecule has 0 fully saturated rings. The van der Waals surface area contributed by atoms with Crippen molar-refractivity contribution in [2.75, 3.05) is 13.4 Å². The molecule has 33 heavy (non-hydrogen) atoms. The minimum absolute atomic E-state index is 0.134. The molecule has 3 aromatic carbocycles. The summed E-state index contributed by atoms with van der Waals surface area (Å²) in [6.07, 6.45) is 1.47. The lowest BCUT2D eigenvalue weighted by atomic mass is 10.2. The predicted molar refractivity (Wildman–Crippen MR) is 124 cm³/mol. The molecule has 1 amide bonds. The lowest BCUT2D eigenvalue weighted by Crippen LogP contribution is -2.17. The number of fused-ring (bicyclic) bond motifs is 1. The fraction of sp³-hybridized carbons (Fsp3) is 0.125. The Morgan fingerprint density at radius 1 is 1.00 bits per heavy atom. The number of nitrogens with one attached hydrogen (secondary N) is 1. The van der Waals surface area contributed by atoms with Gasteiger partial charge in [0.2, 0.25) is 6.79 Å². The molecule has 4 rings (SSSR count). The molecular weight excluding hydrogens is 492 g/mol. The number of esters is 1. The van der Waals surface area contributed by atoms with E-state index in [4.69, 9.17) is 18.9 Å². The van der Waals surface area contributed by atoms with E-state index in [-0.39, 0.29) is 12.5 Å². The van der Waals surface area contributed by atoms with E-state index in [2.05, 4.69) is 26.5 Å². The number of hydrogen-bond acceptors (Lipinski definition) is 7. The van der Waals surface area contributed by atoms with Crippen LogP contribution in [0.5, 0.6) is 23.0 Å². The van der Waals surface area contributed by atoms with Gasteiger partial charge in [0.25, 0.3) is 5.91 Å². The zero-order chi connectivity index (χ0) is 23.2. The molecule has 0 aromatic heterocycles. The van der Waals surface area contributed by atoms with Crippen LogP contribution in [0.2, 0.25) is 0 Å². The van der Waals surface area contributed by atoms with Gasteiger partial charge in [-0.05, 0) is 73.2 Å². The molecule has 0 radical (unpaired) electrons. The number of benzene rings is 3. The minimum atomic E-state index is -0.499. The van der Waals surface area contributed by atoms with E-state index in [9.17, 15) is 9.59 Å². The topological polar surface area (TPSA) is 95.5 Å².